The molecule has 1 aliphatic heterocycles. The van der Waals surface area contributed by atoms with Crippen LogP contribution in [0.4, 0.5) is 5.69 Å². The van der Waals surface area contributed by atoms with Crippen molar-refractivity contribution in [3.05, 3.63) is 64.7 Å². The van der Waals surface area contributed by atoms with Crippen LogP contribution in [0.25, 0.3) is 0 Å². The molecule has 1 fully saturated rings. The lowest BCUT2D eigenvalue weighted by Gasteiger charge is -2.42. The summed E-state index contributed by atoms with van der Waals surface area (Å²) in [7, 11) is 8.15. The summed E-state index contributed by atoms with van der Waals surface area (Å²) in [6, 6.07) is 14.5. The van der Waals surface area contributed by atoms with Crippen LogP contribution in [0.2, 0.25) is 0 Å². The lowest BCUT2D eigenvalue weighted by Crippen LogP contribution is -2.61. The summed E-state index contributed by atoms with van der Waals surface area (Å²) in [6.07, 6.45) is 1.62. The monoisotopic (exact) mass is 408 g/mol. The Balaban J connectivity index is 2.04. The molecule has 5 heteroatoms. The second-order valence-electron chi connectivity index (χ2n) is 8.88. The van der Waals surface area contributed by atoms with E-state index in [2.05, 4.69) is 72.6 Å². The third-order valence-electron chi connectivity index (χ3n) is 6.50. The van der Waals surface area contributed by atoms with Crippen molar-refractivity contribution >= 4 is 11.6 Å². The summed E-state index contributed by atoms with van der Waals surface area (Å²) in [5.74, 6) is 0.110. The van der Waals surface area contributed by atoms with Gasteiger partial charge in [0.05, 0.1) is 6.04 Å². The number of nitrogens with zero attached hydrogens (tertiary/aromatic N) is 2. The molecule has 0 aliphatic carbocycles. The first-order chi connectivity index (χ1) is 14.3. The van der Waals surface area contributed by atoms with Gasteiger partial charge in [-0.2, -0.15) is 0 Å². The van der Waals surface area contributed by atoms with Gasteiger partial charge in [-0.3, -0.25) is 9.69 Å². The minimum Gasteiger partial charge on any atom is -0.378 e. The van der Waals surface area contributed by atoms with E-state index in [1.54, 1.807) is 0 Å². The normalized spacial score (nSPS) is 16.9. The molecule has 0 aromatic heterocycles. The Morgan fingerprint density at radius 1 is 1.00 bits per heavy atom. The predicted molar refractivity (Wildman–Crippen MR) is 125 cm³/mol. The average Bonchev–Trinajstić information content (AvgIpc) is 2.73. The van der Waals surface area contributed by atoms with Gasteiger partial charge in [-0.1, -0.05) is 30.3 Å². The van der Waals surface area contributed by atoms with Crippen molar-refractivity contribution in [3.63, 3.8) is 0 Å². The van der Waals surface area contributed by atoms with E-state index in [1.807, 2.05) is 32.3 Å². The highest BCUT2D eigenvalue weighted by Gasteiger charge is 2.42. The molecule has 5 nitrogen and oxygen atoms in total. The van der Waals surface area contributed by atoms with Crippen molar-refractivity contribution in [3.8, 4) is 0 Å². The molecular weight excluding hydrogens is 372 g/mol. The summed E-state index contributed by atoms with van der Waals surface area (Å²) in [5, 5.41) is 6.84. The molecule has 162 valence electrons. The van der Waals surface area contributed by atoms with Crippen molar-refractivity contribution in [2.24, 2.45) is 0 Å². The van der Waals surface area contributed by atoms with Gasteiger partial charge in [-0.25, -0.2) is 0 Å². The molecule has 2 aromatic carbocycles. The largest absolute Gasteiger partial charge is 0.378 e. The Morgan fingerprint density at radius 2 is 1.57 bits per heavy atom. The second kappa shape index (κ2) is 9.19. The molecule has 1 unspecified atom stereocenters. The topological polar surface area (TPSA) is 47.6 Å². The Hall–Kier alpha value is -2.37. The number of hydrogen-bond acceptors (Lipinski definition) is 4. The fraction of sp³-hybridized carbons (Fsp3) is 0.480. The number of carbonyl (C=O) groups is 1. The minimum atomic E-state index is -0.482. The molecule has 0 spiro atoms. The van der Waals surface area contributed by atoms with E-state index in [4.69, 9.17) is 0 Å². The molecule has 0 bridgehead atoms. The first-order valence-electron chi connectivity index (χ1n) is 10.8. The van der Waals surface area contributed by atoms with Gasteiger partial charge in [-0.15, -0.1) is 0 Å². The number of rotatable bonds is 6. The van der Waals surface area contributed by atoms with Crippen LogP contribution < -0.4 is 15.5 Å². The Morgan fingerprint density at radius 3 is 2.07 bits per heavy atom. The van der Waals surface area contributed by atoms with Crippen LogP contribution in [0.1, 0.15) is 41.1 Å². The SMILES string of the molecule is Cc1cc(N(C)C)cc(C)c1C(NC(=O)C1(N(C)C)CCNCC1)c1ccccc1. The summed E-state index contributed by atoms with van der Waals surface area (Å²) in [6.45, 7) is 6.00. The van der Waals surface area contributed by atoms with Crippen LogP contribution in [-0.4, -0.2) is 57.6 Å². The third kappa shape index (κ3) is 4.37. The van der Waals surface area contributed by atoms with E-state index < -0.39 is 5.54 Å². The molecule has 0 radical (unpaired) electrons. The van der Waals surface area contributed by atoms with E-state index in [9.17, 15) is 4.79 Å². The van der Waals surface area contributed by atoms with Crippen LogP contribution in [0, 0.1) is 13.8 Å². The highest BCUT2D eigenvalue weighted by Crippen LogP contribution is 2.33. The highest BCUT2D eigenvalue weighted by atomic mass is 16.2. The summed E-state index contributed by atoms with van der Waals surface area (Å²) in [5.41, 5.74) is 5.37. The fourth-order valence-electron chi connectivity index (χ4n) is 4.62. The number of piperidine rings is 1. The maximum Gasteiger partial charge on any atom is 0.241 e. The van der Waals surface area contributed by atoms with Crippen LogP contribution >= 0.6 is 0 Å². The first kappa shape index (κ1) is 22.3. The molecule has 3 rings (SSSR count). The van der Waals surface area contributed by atoms with Crippen molar-refractivity contribution in [2.45, 2.75) is 38.3 Å². The molecule has 30 heavy (non-hydrogen) atoms. The van der Waals surface area contributed by atoms with Gasteiger partial charge in [-0.05, 0) is 88.3 Å². The quantitative estimate of drug-likeness (QED) is 0.770. The molecule has 2 aromatic rings. The van der Waals surface area contributed by atoms with Gasteiger partial charge in [0.25, 0.3) is 0 Å². The Kier molecular flexibility index (Phi) is 6.84. The van der Waals surface area contributed by atoms with E-state index in [-0.39, 0.29) is 11.9 Å². The van der Waals surface area contributed by atoms with Gasteiger partial charge in [0.15, 0.2) is 0 Å². The van der Waals surface area contributed by atoms with E-state index in [0.29, 0.717) is 0 Å². The molecule has 1 heterocycles. The maximum atomic E-state index is 13.7. The zero-order valence-electron chi connectivity index (χ0n) is 19.2. The zero-order chi connectivity index (χ0) is 21.9. The Bertz CT molecular complexity index is 847. The average molecular weight is 409 g/mol. The summed E-state index contributed by atoms with van der Waals surface area (Å²) >= 11 is 0. The number of carbonyl (C=O) groups excluding carboxylic acids is 1. The minimum absolute atomic E-state index is 0.110. The smallest absolute Gasteiger partial charge is 0.241 e. The van der Waals surface area contributed by atoms with E-state index >= 15 is 0 Å². The van der Waals surface area contributed by atoms with Crippen molar-refractivity contribution in [1.82, 2.24) is 15.5 Å². The van der Waals surface area contributed by atoms with Crippen molar-refractivity contribution < 1.29 is 4.79 Å². The lowest BCUT2D eigenvalue weighted by atomic mass is 9.84. The number of benzene rings is 2. The molecule has 2 N–H and O–H groups in total. The summed E-state index contributed by atoms with van der Waals surface area (Å²) in [4.78, 5) is 17.9. The van der Waals surface area contributed by atoms with Gasteiger partial charge < -0.3 is 15.5 Å². The van der Waals surface area contributed by atoms with Crippen molar-refractivity contribution in [1.29, 1.82) is 0 Å². The van der Waals surface area contributed by atoms with Crippen molar-refractivity contribution in [2.75, 3.05) is 46.2 Å². The van der Waals surface area contributed by atoms with Crippen LogP contribution in [0.3, 0.4) is 0 Å². The van der Waals surface area contributed by atoms with Gasteiger partial charge in [0.2, 0.25) is 5.91 Å². The number of anilines is 1. The molecule has 1 atom stereocenters. The van der Waals surface area contributed by atoms with Crippen LogP contribution in [0.5, 0.6) is 0 Å². The highest BCUT2D eigenvalue weighted by molar-refractivity contribution is 5.87. The zero-order valence-corrected chi connectivity index (χ0v) is 19.2. The lowest BCUT2D eigenvalue weighted by molar-refractivity contribution is -0.134. The predicted octanol–water partition coefficient (Wildman–Crippen LogP) is 3.26. The van der Waals surface area contributed by atoms with Crippen LogP contribution in [0.15, 0.2) is 42.5 Å². The molecular formula is C25H36N4O. The van der Waals surface area contributed by atoms with Gasteiger partial charge >= 0.3 is 0 Å². The van der Waals surface area contributed by atoms with Crippen LogP contribution in [-0.2, 0) is 4.79 Å². The third-order valence-corrected chi connectivity index (χ3v) is 6.50. The fourth-order valence-corrected chi connectivity index (χ4v) is 4.62. The molecule has 1 aliphatic rings. The van der Waals surface area contributed by atoms with E-state index in [1.165, 1.54) is 22.4 Å². The second-order valence-corrected chi connectivity index (χ2v) is 8.88. The van der Waals surface area contributed by atoms with Gasteiger partial charge in [0.1, 0.15) is 5.54 Å². The number of amides is 1. The maximum absolute atomic E-state index is 13.7. The van der Waals surface area contributed by atoms with Gasteiger partial charge in [0, 0.05) is 19.8 Å². The van der Waals surface area contributed by atoms with E-state index in [0.717, 1.165) is 31.5 Å². The summed E-state index contributed by atoms with van der Waals surface area (Å²) < 4.78 is 0. The number of aryl methyl sites for hydroxylation is 2. The number of nitrogens with one attached hydrogen (secondary N) is 2. The number of likely N-dealkylation sites (N-methyl/N-ethyl adjacent to an activating group) is 1. The standard InChI is InChI=1S/C25H36N4O/c1-18-16-21(28(3)4)17-19(2)22(18)23(20-10-8-7-9-11-20)27-24(30)25(29(5)6)12-14-26-15-13-25/h7-11,16-17,23,26H,12-15H2,1-6H3,(H,27,30). The Labute approximate surface area is 181 Å². The molecule has 0 saturated carbocycles. The number of hydrogen-bond donors (Lipinski definition) is 2. The first-order valence-corrected chi connectivity index (χ1v) is 10.8. The molecule has 1 amide bonds. The molecule has 1 saturated heterocycles.